The first-order chi connectivity index (χ1) is 7.75. The Morgan fingerprint density at radius 1 is 1.12 bits per heavy atom. The van der Waals surface area contributed by atoms with Crippen LogP contribution in [0.5, 0.6) is 0 Å². The van der Waals surface area contributed by atoms with Gasteiger partial charge in [-0.3, -0.25) is 0 Å². The molecule has 0 spiro atoms. The number of hydrogen-bond donors (Lipinski definition) is 3. The first-order valence-electron chi connectivity index (χ1n) is 6.14. The third-order valence-corrected chi connectivity index (χ3v) is 3.44. The van der Waals surface area contributed by atoms with E-state index >= 15 is 0 Å². The maximum atomic E-state index is 5.75. The Morgan fingerprint density at radius 3 is 2.56 bits per heavy atom. The summed E-state index contributed by atoms with van der Waals surface area (Å²) >= 11 is 0. The highest BCUT2D eigenvalue weighted by Gasteiger charge is 2.13. The lowest BCUT2D eigenvalue weighted by atomic mass is 10.0. The molecule has 1 aromatic carbocycles. The Hall–Kier alpha value is -1.38. The van der Waals surface area contributed by atoms with E-state index in [1.165, 1.54) is 32.1 Å². The fourth-order valence-corrected chi connectivity index (χ4v) is 2.40. The molecule has 0 unspecified atom stereocenters. The average molecular weight is 219 g/mol. The van der Waals surface area contributed by atoms with Gasteiger partial charge in [-0.05, 0) is 30.5 Å². The van der Waals surface area contributed by atoms with Gasteiger partial charge in [0.05, 0.1) is 11.4 Å². The van der Waals surface area contributed by atoms with Crippen LogP contribution < -0.4 is 16.8 Å². The fraction of sp³-hybridized carbons (Fsp3) is 0.538. The molecule has 16 heavy (non-hydrogen) atoms. The van der Waals surface area contributed by atoms with Crippen molar-refractivity contribution < 1.29 is 0 Å². The monoisotopic (exact) mass is 219 g/mol. The molecule has 5 N–H and O–H groups in total. The number of rotatable bonds is 4. The third-order valence-electron chi connectivity index (χ3n) is 3.44. The van der Waals surface area contributed by atoms with Crippen molar-refractivity contribution in [2.24, 2.45) is 5.92 Å². The molecule has 0 radical (unpaired) electrons. The van der Waals surface area contributed by atoms with Crippen LogP contribution in [0.25, 0.3) is 0 Å². The van der Waals surface area contributed by atoms with Gasteiger partial charge in [-0.1, -0.05) is 25.7 Å². The first kappa shape index (κ1) is 11.1. The number of nitrogens with two attached hydrogens (primary N) is 2. The van der Waals surface area contributed by atoms with Crippen LogP contribution in [0.2, 0.25) is 0 Å². The van der Waals surface area contributed by atoms with E-state index in [1.807, 2.05) is 18.2 Å². The zero-order chi connectivity index (χ0) is 11.4. The van der Waals surface area contributed by atoms with Crippen molar-refractivity contribution in [1.82, 2.24) is 0 Å². The number of hydrogen-bond acceptors (Lipinski definition) is 3. The fourth-order valence-electron chi connectivity index (χ4n) is 2.40. The van der Waals surface area contributed by atoms with Crippen LogP contribution in [0.4, 0.5) is 17.1 Å². The molecule has 3 nitrogen and oxygen atoms in total. The maximum absolute atomic E-state index is 5.75. The zero-order valence-corrected chi connectivity index (χ0v) is 9.71. The molecular weight excluding hydrogens is 198 g/mol. The van der Waals surface area contributed by atoms with Gasteiger partial charge in [0.25, 0.3) is 0 Å². The summed E-state index contributed by atoms with van der Waals surface area (Å²) in [4.78, 5) is 0. The average Bonchev–Trinajstić information content (AvgIpc) is 2.76. The quantitative estimate of drug-likeness (QED) is 0.682. The second-order valence-electron chi connectivity index (χ2n) is 4.71. The molecule has 0 amide bonds. The van der Waals surface area contributed by atoms with Gasteiger partial charge >= 0.3 is 0 Å². The molecule has 1 aliphatic carbocycles. The molecule has 0 aromatic heterocycles. The zero-order valence-electron chi connectivity index (χ0n) is 9.71. The van der Waals surface area contributed by atoms with Crippen LogP contribution in [0.1, 0.15) is 32.1 Å². The molecular formula is C13H21N3. The van der Waals surface area contributed by atoms with Crippen molar-refractivity contribution >= 4 is 17.1 Å². The van der Waals surface area contributed by atoms with E-state index in [9.17, 15) is 0 Å². The summed E-state index contributed by atoms with van der Waals surface area (Å²) in [6, 6.07) is 5.75. The normalized spacial score (nSPS) is 16.5. The van der Waals surface area contributed by atoms with E-state index in [-0.39, 0.29) is 0 Å². The summed E-state index contributed by atoms with van der Waals surface area (Å²) in [5.74, 6) is 0.929. The molecule has 0 heterocycles. The van der Waals surface area contributed by atoms with Crippen molar-refractivity contribution in [3.63, 3.8) is 0 Å². The van der Waals surface area contributed by atoms with E-state index < -0.39 is 0 Å². The topological polar surface area (TPSA) is 64.1 Å². The number of anilines is 3. The third kappa shape index (κ3) is 2.81. The largest absolute Gasteiger partial charge is 0.397 e. The van der Waals surface area contributed by atoms with Crippen molar-refractivity contribution in [3.8, 4) is 0 Å². The SMILES string of the molecule is Nc1ccc(NCCC2CCCC2)cc1N. The standard InChI is InChI=1S/C13H21N3/c14-12-6-5-11(9-13(12)15)16-8-7-10-3-1-2-4-10/h5-6,9-10,16H,1-4,7-8,14-15H2. The minimum absolute atomic E-state index is 0.654. The highest BCUT2D eigenvalue weighted by molar-refractivity contribution is 5.69. The lowest BCUT2D eigenvalue weighted by Crippen LogP contribution is -2.07. The van der Waals surface area contributed by atoms with Crippen molar-refractivity contribution in [3.05, 3.63) is 18.2 Å². The van der Waals surface area contributed by atoms with E-state index in [0.29, 0.717) is 11.4 Å². The highest BCUT2D eigenvalue weighted by Crippen LogP contribution is 2.27. The van der Waals surface area contributed by atoms with Crippen LogP contribution in [0.15, 0.2) is 18.2 Å². The Morgan fingerprint density at radius 2 is 1.88 bits per heavy atom. The Labute approximate surface area is 97.2 Å². The summed E-state index contributed by atoms with van der Waals surface area (Å²) in [7, 11) is 0. The number of nitrogen functional groups attached to an aromatic ring is 2. The van der Waals surface area contributed by atoms with E-state index in [2.05, 4.69) is 5.32 Å². The van der Waals surface area contributed by atoms with Gasteiger partial charge in [0.1, 0.15) is 0 Å². The van der Waals surface area contributed by atoms with Crippen LogP contribution in [-0.2, 0) is 0 Å². The second-order valence-corrected chi connectivity index (χ2v) is 4.71. The Balaban J connectivity index is 1.78. The molecule has 2 rings (SSSR count). The molecule has 1 saturated carbocycles. The van der Waals surface area contributed by atoms with Gasteiger partial charge in [-0.2, -0.15) is 0 Å². The summed E-state index contributed by atoms with van der Waals surface area (Å²) in [5, 5.41) is 3.40. The molecule has 0 aliphatic heterocycles. The van der Waals surface area contributed by atoms with Gasteiger partial charge < -0.3 is 16.8 Å². The van der Waals surface area contributed by atoms with Crippen molar-refractivity contribution in [2.75, 3.05) is 23.3 Å². The lowest BCUT2D eigenvalue weighted by molar-refractivity contribution is 0.518. The molecule has 1 aromatic rings. The number of nitrogens with one attached hydrogen (secondary N) is 1. The van der Waals surface area contributed by atoms with Crippen molar-refractivity contribution in [1.29, 1.82) is 0 Å². The predicted molar refractivity (Wildman–Crippen MR) is 70.3 cm³/mol. The molecule has 1 aliphatic rings. The molecule has 88 valence electrons. The minimum Gasteiger partial charge on any atom is -0.397 e. The van der Waals surface area contributed by atoms with Gasteiger partial charge in [-0.25, -0.2) is 0 Å². The predicted octanol–water partition coefficient (Wildman–Crippen LogP) is 2.84. The molecule has 1 fully saturated rings. The summed E-state index contributed by atoms with van der Waals surface area (Å²) in [6.45, 7) is 1.04. The van der Waals surface area contributed by atoms with Crippen LogP contribution in [-0.4, -0.2) is 6.54 Å². The highest BCUT2D eigenvalue weighted by atomic mass is 14.9. The molecule has 3 heteroatoms. The first-order valence-corrected chi connectivity index (χ1v) is 6.14. The second kappa shape index (κ2) is 5.10. The van der Waals surface area contributed by atoms with Gasteiger partial charge in [0, 0.05) is 12.2 Å². The molecule has 0 atom stereocenters. The number of benzene rings is 1. The summed E-state index contributed by atoms with van der Waals surface area (Å²) in [5.41, 5.74) is 13.8. The molecule has 0 saturated heterocycles. The molecule has 0 bridgehead atoms. The Kier molecular flexibility index (Phi) is 3.54. The van der Waals surface area contributed by atoms with E-state index in [0.717, 1.165) is 18.2 Å². The maximum Gasteiger partial charge on any atom is 0.0568 e. The van der Waals surface area contributed by atoms with Crippen LogP contribution in [0.3, 0.4) is 0 Å². The van der Waals surface area contributed by atoms with E-state index in [4.69, 9.17) is 11.5 Å². The summed E-state index contributed by atoms with van der Waals surface area (Å²) < 4.78 is 0. The smallest absolute Gasteiger partial charge is 0.0568 e. The van der Waals surface area contributed by atoms with Crippen molar-refractivity contribution in [2.45, 2.75) is 32.1 Å². The summed E-state index contributed by atoms with van der Waals surface area (Å²) in [6.07, 6.45) is 6.92. The Bertz CT molecular complexity index is 343. The lowest BCUT2D eigenvalue weighted by Gasteiger charge is -2.11. The van der Waals surface area contributed by atoms with Crippen LogP contribution >= 0.6 is 0 Å². The van der Waals surface area contributed by atoms with Crippen LogP contribution in [0, 0.1) is 5.92 Å². The van der Waals surface area contributed by atoms with Gasteiger partial charge in [0.2, 0.25) is 0 Å². The van der Waals surface area contributed by atoms with E-state index in [1.54, 1.807) is 0 Å². The van der Waals surface area contributed by atoms with Gasteiger partial charge in [-0.15, -0.1) is 0 Å². The minimum atomic E-state index is 0.654. The van der Waals surface area contributed by atoms with Gasteiger partial charge in [0.15, 0.2) is 0 Å².